The van der Waals surface area contributed by atoms with Crippen LogP contribution in [0.25, 0.3) is 0 Å². The van der Waals surface area contributed by atoms with Crippen molar-refractivity contribution in [1.29, 1.82) is 0 Å². The molecular formula is C21H19ClFN3O. The molecule has 0 fully saturated rings. The first-order valence-electron chi connectivity index (χ1n) is 8.47. The Labute approximate surface area is 162 Å². The Kier molecular flexibility index (Phi) is 6.04. The second-order valence-corrected chi connectivity index (χ2v) is 6.45. The molecule has 3 rings (SSSR count). The highest BCUT2D eigenvalue weighted by Crippen LogP contribution is 2.18. The number of aromatic nitrogens is 2. The van der Waals surface area contributed by atoms with E-state index in [0.717, 1.165) is 11.4 Å². The molecule has 0 aliphatic rings. The Morgan fingerprint density at radius 2 is 1.96 bits per heavy atom. The summed E-state index contributed by atoms with van der Waals surface area (Å²) in [7, 11) is 0. The molecule has 1 amide bonds. The molecule has 1 heterocycles. The predicted molar refractivity (Wildman–Crippen MR) is 104 cm³/mol. The van der Waals surface area contributed by atoms with Crippen LogP contribution in [0.2, 0.25) is 5.02 Å². The topological polar surface area (TPSA) is 38.1 Å². The lowest BCUT2D eigenvalue weighted by atomic mass is 10.2. The van der Waals surface area contributed by atoms with Gasteiger partial charge < -0.3 is 9.47 Å². The van der Waals surface area contributed by atoms with E-state index in [1.807, 2.05) is 35.0 Å². The van der Waals surface area contributed by atoms with Crippen molar-refractivity contribution >= 4 is 17.5 Å². The Morgan fingerprint density at radius 3 is 2.67 bits per heavy atom. The molecule has 27 heavy (non-hydrogen) atoms. The van der Waals surface area contributed by atoms with E-state index in [0.29, 0.717) is 30.2 Å². The van der Waals surface area contributed by atoms with Gasteiger partial charge in [-0.15, -0.1) is 6.58 Å². The van der Waals surface area contributed by atoms with Gasteiger partial charge in [-0.2, -0.15) is 0 Å². The molecule has 4 nitrogen and oxygen atoms in total. The van der Waals surface area contributed by atoms with Gasteiger partial charge in [-0.05, 0) is 35.9 Å². The summed E-state index contributed by atoms with van der Waals surface area (Å²) in [5.41, 5.74) is 1.39. The van der Waals surface area contributed by atoms with Gasteiger partial charge in [0.2, 0.25) is 0 Å². The van der Waals surface area contributed by atoms with Crippen molar-refractivity contribution in [2.75, 3.05) is 6.54 Å². The van der Waals surface area contributed by atoms with Gasteiger partial charge in [-0.25, -0.2) is 9.37 Å². The Morgan fingerprint density at radius 1 is 1.22 bits per heavy atom. The van der Waals surface area contributed by atoms with Gasteiger partial charge in [0.1, 0.15) is 11.6 Å². The molecule has 6 heteroatoms. The second-order valence-electron chi connectivity index (χ2n) is 6.04. The van der Waals surface area contributed by atoms with Crippen molar-refractivity contribution in [3.63, 3.8) is 0 Å². The normalized spacial score (nSPS) is 10.6. The third kappa shape index (κ3) is 4.63. The minimum absolute atomic E-state index is 0.206. The summed E-state index contributed by atoms with van der Waals surface area (Å²) in [4.78, 5) is 18.8. The van der Waals surface area contributed by atoms with Crippen molar-refractivity contribution in [3.8, 4) is 0 Å². The van der Waals surface area contributed by atoms with E-state index < -0.39 is 0 Å². The quantitative estimate of drug-likeness (QED) is 0.561. The van der Waals surface area contributed by atoms with Gasteiger partial charge in [0, 0.05) is 29.5 Å². The number of hydrogen-bond donors (Lipinski definition) is 0. The van der Waals surface area contributed by atoms with E-state index in [4.69, 9.17) is 11.6 Å². The van der Waals surface area contributed by atoms with E-state index in [2.05, 4.69) is 11.6 Å². The van der Waals surface area contributed by atoms with Crippen molar-refractivity contribution in [3.05, 3.63) is 101 Å². The summed E-state index contributed by atoms with van der Waals surface area (Å²) in [6.45, 7) is 4.94. The van der Waals surface area contributed by atoms with Crippen molar-refractivity contribution in [1.82, 2.24) is 14.5 Å². The highest BCUT2D eigenvalue weighted by molar-refractivity contribution is 6.31. The monoisotopic (exact) mass is 383 g/mol. The summed E-state index contributed by atoms with van der Waals surface area (Å²) >= 11 is 6.25. The number of halogens is 2. The van der Waals surface area contributed by atoms with Gasteiger partial charge in [0.05, 0.1) is 13.1 Å². The first-order chi connectivity index (χ1) is 13.1. The van der Waals surface area contributed by atoms with E-state index >= 15 is 0 Å². The first kappa shape index (κ1) is 18.9. The minimum Gasteiger partial charge on any atom is -0.329 e. The average Bonchev–Trinajstić information content (AvgIpc) is 3.10. The lowest BCUT2D eigenvalue weighted by molar-refractivity contribution is 0.0757. The van der Waals surface area contributed by atoms with Crippen LogP contribution in [0.4, 0.5) is 4.39 Å². The molecule has 0 aliphatic carbocycles. The SMILES string of the molecule is C=CCN(Cc1nccn1Cc1ccccc1Cl)C(=O)c1ccc(F)cc1. The molecule has 0 spiro atoms. The fraction of sp³-hybridized carbons (Fsp3) is 0.143. The maximum atomic E-state index is 13.1. The molecular weight excluding hydrogens is 365 g/mol. The predicted octanol–water partition coefficient (Wildman–Crippen LogP) is 4.55. The highest BCUT2D eigenvalue weighted by atomic mass is 35.5. The lowest BCUT2D eigenvalue weighted by Crippen LogP contribution is -2.32. The average molecular weight is 384 g/mol. The molecule has 0 atom stereocenters. The van der Waals surface area contributed by atoms with Gasteiger partial charge in [0.25, 0.3) is 5.91 Å². The molecule has 2 aromatic carbocycles. The Bertz CT molecular complexity index is 937. The van der Waals surface area contributed by atoms with Gasteiger partial charge in [-0.1, -0.05) is 35.9 Å². The maximum Gasteiger partial charge on any atom is 0.254 e. The highest BCUT2D eigenvalue weighted by Gasteiger charge is 2.17. The number of imidazole rings is 1. The van der Waals surface area contributed by atoms with Crippen LogP contribution in [0.5, 0.6) is 0 Å². The number of hydrogen-bond acceptors (Lipinski definition) is 2. The molecule has 0 N–H and O–H groups in total. The largest absolute Gasteiger partial charge is 0.329 e. The summed E-state index contributed by atoms with van der Waals surface area (Å²) in [5.74, 6) is 0.145. The summed E-state index contributed by atoms with van der Waals surface area (Å²) in [6, 6.07) is 13.1. The fourth-order valence-corrected chi connectivity index (χ4v) is 2.96. The number of nitrogens with zero attached hydrogens (tertiary/aromatic N) is 3. The molecule has 1 aromatic heterocycles. The van der Waals surface area contributed by atoms with E-state index in [9.17, 15) is 9.18 Å². The van der Waals surface area contributed by atoms with Crippen LogP contribution in [0, 0.1) is 5.82 Å². The Hall–Kier alpha value is -2.92. The molecule has 138 valence electrons. The molecule has 3 aromatic rings. The molecule has 0 aliphatic heterocycles. The number of benzene rings is 2. The molecule has 0 saturated carbocycles. The van der Waals surface area contributed by atoms with Crippen LogP contribution < -0.4 is 0 Å². The van der Waals surface area contributed by atoms with Crippen molar-refractivity contribution < 1.29 is 9.18 Å². The molecule has 0 radical (unpaired) electrons. The number of rotatable bonds is 7. The zero-order valence-corrected chi connectivity index (χ0v) is 15.4. The van der Waals surface area contributed by atoms with Gasteiger partial charge >= 0.3 is 0 Å². The van der Waals surface area contributed by atoms with Crippen molar-refractivity contribution in [2.45, 2.75) is 13.1 Å². The van der Waals surface area contributed by atoms with E-state index in [1.165, 1.54) is 24.3 Å². The summed E-state index contributed by atoms with van der Waals surface area (Å²) in [5, 5.41) is 0.683. The molecule has 0 saturated heterocycles. The van der Waals surface area contributed by atoms with Crippen LogP contribution in [0.15, 0.2) is 73.6 Å². The van der Waals surface area contributed by atoms with Gasteiger partial charge in [0.15, 0.2) is 0 Å². The third-order valence-corrected chi connectivity index (χ3v) is 4.53. The third-order valence-electron chi connectivity index (χ3n) is 4.16. The van der Waals surface area contributed by atoms with Crippen LogP contribution in [-0.4, -0.2) is 26.9 Å². The first-order valence-corrected chi connectivity index (χ1v) is 8.85. The van der Waals surface area contributed by atoms with Crippen LogP contribution in [0.3, 0.4) is 0 Å². The zero-order valence-electron chi connectivity index (χ0n) is 14.7. The van der Waals surface area contributed by atoms with Crippen LogP contribution in [0.1, 0.15) is 21.7 Å². The number of carbonyl (C=O) groups is 1. The minimum atomic E-state index is -0.378. The smallest absolute Gasteiger partial charge is 0.254 e. The summed E-state index contributed by atoms with van der Waals surface area (Å²) in [6.07, 6.45) is 5.20. The fourth-order valence-electron chi connectivity index (χ4n) is 2.77. The van der Waals surface area contributed by atoms with Crippen molar-refractivity contribution in [2.24, 2.45) is 0 Å². The second kappa shape index (κ2) is 8.64. The van der Waals surface area contributed by atoms with Crippen LogP contribution in [-0.2, 0) is 13.1 Å². The molecule has 0 bridgehead atoms. The van der Waals surface area contributed by atoms with E-state index in [-0.39, 0.29) is 11.7 Å². The van der Waals surface area contributed by atoms with E-state index in [1.54, 1.807) is 17.2 Å². The standard InChI is InChI=1S/C21H19ClFN3O/c1-2-12-26(21(27)16-7-9-18(23)10-8-16)15-20-24-11-13-25(20)14-17-5-3-4-6-19(17)22/h2-11,13H,1,12,14-15H2. The number of amides is 1. The zero-order chi connectivity index (χ0) is 19.2. The van der Waals surface area contributed by atoms with Crippen LogP contribution >= 0.6 is 11.6 Å². The maximum absolute atomic E-state index is 13.1. The Balaban J connectivity index is 1.80. The number of carbonyl (C=O) groups excluding carboxylic acids is 1. The molecule has 0 unspecified atom stereocenters. The van der Waals surface area contributed by atoms with Gasteiger partial charge in [-0.3, -0.25) is 4.79 Å². The lowest BCUT2D eigenvalue weighted by Gasteiger charge is -2.21. The summed E-state index contributed by atoms with van der Waals surface area (Å²) < 4.78 is 15.1.